The molecule has 4 rings (SSSR count). The summed E-state index contributed by atoms with van der Waals surface area (Å²) in [6.07, 6.45) is 5.20. The van der Waals surface area contributed by atoms with E-state index in [2.05, 4.69) is 0 Å². The summed E-state index contributed by atoms with van der Waals surface area (Å²) in [5.41, 5.74) is -0.0303. The van der Waals surface area contributed by atoms with Gasteiger partial charge < -0.3 is 9.47 Å². The van der Waals surface area contributed by atoms with Crippen LogP contribution >= 0.6 is 0 Å². The van der Waals surface area contributed by atoms with Gasteiger partial charge >= 0.3 is 5.97 Å². The van der Waals surface area contributed by atoms with Gasteiger partial charge in [-0.25, -0.2) is 0 Å². The minimum atomic E-state index is -0.0303. The zero-order chi connectivity index (χ0) is 10.5. The molecule has 2 aliphatic heterocycles. The van der Waals surface area contributed by atoms with Crippen molar-refractivity contribution in [2.45, 2.75) is 50.7 Å². The van der Waals surface area contributed by atoms with Crippen molar-refractivity contribution in [2.75, 3.05) is 6.61 Å². The second kappa shape index (κ2) is 3.21. The highest BCUT2D eigenvalue weighted by Gasteiger charge is 2.53. The Bertz CT molecular complexity index is 289. The Morgan fingerprint density at radius 3 is 3.07 bits per heavy atom. The number of carbonyl (C=O) groups excluding carboxylic acids is 1. The highest BCUT2D eigenvalue weighted by Crippen LogP contribution is 2.51. The van der Waals surface area contributed by atoms with Crippen molar-refractivity contribution in [3.05, 3.63) is 0 Å². The molecule has 15 heavy (non-hydrogen) atoms. The number of esters is 1. The quantitative estimate of drug-likeness (QED) is 0.653. The standard InChI is InChI=1S/C12H18O3/c1-2-14-12-5-8-3-9(6-12)11(13)15-10(4-8)7-12/h8-10H,2-7H2,1H3/t8?,9-,10?,12?/m1/s1. The van der Waals surface area contributed by atoms with Crippen LogP contribution in [0.4, 0.5) is 0 Å². The fourth-order valence-electron chi connectivity index (χ4n) is 3.86. The molecule has 0 amide bonds. The summed E-state index contributed by atoms with van der Waals surface area (Å²) in [7, 11) is 0. The number of rotatable bonds is 2. The van der Waals surface area contributed by atoms with E-state index in [9.17, 15) is 4.79 Å². The van der Waals surface area contributed by atoms with Crippen molar-refractivity contribution in [1.29, 1.82) is 0 Å². The third-order valence-corrected chi connectivity index (χ3v) is 4.16. The molecule has 4 bridgehead atoms. The van der Waals surface area contributed by atoms with Crippen LogP contribution in [-0.4, -0.2) is 24.3 Å². The molecule has 84 valence electrons. The average Bonchev–Trinajstić information content (AvgIpc) is 2.29. The van der Waals surface area contributed by atoms with Crippen molar-refractivity contribution in [1.82, 2.24) is 0 Å². The summed E-state index contributed by atoms with van der Waals surface area (Å²) in [6, 6.07) is 0. The molecule has 4 aliphatic rings. The highest BCUT2D eigenvalue weighted by molar-refractivity contribution is 5.73. The summed E-state index contributed by atoms with van der Waals surface area (Å²) >= 11 is 0. The fourth-order valence-corrected chi connectivity index (χ4v) is 3.86. The maximum Gasteiger partial charge on any atom is 0.309 e. The van der Waals surface area contributed by atoms with E-state index in [1.165, 1.54) is 0 Å². The molecule has 0 N–H and O–H groups in total. The summed E-state index contributed by atoms with van der Waals surface area (Å²) in [5.74, 6) is 0.798. The van der Waals surface area contributed by atoms with Gasteiger partial charge in [0, 0.05) is 13.0 Å². The van der Waals surface area contributed by atoms with Gasteiger partial charge in [-0.15, -0.1) is 0 Å². The first-order chi connectivity index (χ1) is 7.21. The van der Waals surface area contributed by atoms with Crippen molar-refractivity contribution in [3.8, 4) is 0 Å². The Morgan fingerprint density at radius 1 is 1.40 bits per heavy atom. The van der Waals surface area contributed by atoms with Gasteiger partial charge in [-0.1, -0.05) is 0 Å². The molecule has 4 fully saturated rings. The Labute approximate surface area is 90.1 Å². The molecular formula is C12H18O3. The minimum absolute atomic E-state index is 0.0303. The number of fused-ring (bicyclic) bond motifs is 1. The third-order valence-electron chi connectivity index (χ3n) is 4.16. The van der Waals surface area contributed by atoms with E-state index in [0.717, 1.165) is 38.7 Å². The van der Waals surface area contributed by atoms with Crippen LogP contribution in [0.25, 0.3) is 0 Å². The Balaban J connectivity index is 1.91. The van der Waals surface area contributed by atoms with Gasteiger partial charge in [0.05, 0.1) is 11.5 Å². The number of hydrogen-bond acceptors (Lipinski definition) is 3. The van der Waals surface area contributed by atoms with Gasteiger partial charge in [0.2, 0.25) is 0 Å². The van der Waals surface area contributed by atoms with Crippen LogP contribution in [0.2, 0.25) is 0 Å². The number of hydrogen-bond donors (Lipinski definition) is 0. The van der Waals surface area contributed by atoms with E-state index in [1.807, 2.05) is 6.92 Å². The SMILES string of the molecule is CCOC12CC3CC(C1)OC(=O)[C@H](C3)C2. The molecule has 0 radical (unpaired) electrons. The molecule has 3 nitrogen and oxygen atoms in total. The molecule has 0 aromatic rings. The van der Waals surface area contributed by atoms with Crippen LogP contribution in [0.1, 0.15) is 39.0 Å². The maximum absolute atomic E-state index is 11.7. The van der Waals surface area contributed by atoms with Gasteiger partial charge in [-0.05, 0) is 38.5 Å². The minimum Gasteiger partial charge on any atom is -0.462 e. The van der Waals surface area contributed by atoms with Crippen molar-refractivity contribution in [3.63, 3.8) is 0 Å². The molecule has 3 unspecified atom stereocenters. The van der Waals surface area contributed by atoms with Crippen LogP contribution in [0, 0.1) is 11.8 Å². The van der Waals surface area contributed by atoms with E-state index in [4.69, 9.17) is 9.47 Å². The molecule has 2 saturated carbocycles. The maximum atomic E-state index is 11.7. The molecule has 2 saturated heterocycles. The lowest BCUT2D eigenvalue weighted by Gasteiger charge is -2.45. The third kappa shape index (κ3) is 1.48. The summed E-state index contributed by atoms with van der Waals surface area (Å²) in [4.78, 5) is 11.7. The Kier molecular flexibility index (Phi) is 2.06. The van der Waals surface area contributed by atoms with Crippen LogP contribution in [0.5, 0.6) is 0 Å². The second-order valence-electron chi connectivity index (χ2n) is 5.32. The topological polar surface area (TPSA) is 35.5 Å². The van der Waals surface area contributed by atoms with E-state index in [-0.39, 0.29) is 23.6 Å². The van der Waals surface area contributed by atoms with Crippen molar-refractivity contribution >= 4 is 5.97 Å². The fraction of sp³-hybridized carbons (Fsp3) is 0.917. The molecule has 3 heteroatoms. The van der Waals surface area contributed by atoms with Crippen molar-refractivity contribution < 1.29 is 14.3 Å². The normalized spacial score (nSPS) is 47.8. The summed E-state index contributed by atoms with van der Waals surface area (Å²) in [5, 5.41) is 0. The van der Waals surface area contributed by atoms with E-state index >= 15 is 0 Å². The molecule has 0 spiro atoms. The van der Waals surface area contributed by atoms with Gasteiger partial charge in [-0.2, -0.15) is 0 Å². The highest BCUT2D eigenvalue weighted by atomic mass is 16.6. The molecule has 2 aliphatic carbocycles. The predicted molar refractivity (Wildman–Crippen MR) is 54.3 cm³/mol. The van der Waals surface area contributed by atoms with E-state index < -0.39 is 0 Å². The number of carbonyl (C=O) groups is 1. The largest absolute Gasteiger partial charge is 0.462 e. The number of ether oxygens (including phenoxy) is 2. The van der Waals surface area contributed by atoms with Crippen LogP contribution < -0.4 is 0 Å². The first-order valence-electron chi connectivity index (χ1n) is 6.05. The smallest absolute Gasteiger partial charge is 0.309 e. The Hall–Kier alpha value is -0.570. The van der Waals surface area contributed by atoms with Crippen LogP contribution in [0.3, 0.4) is 0 Å². The molecule has 0 aromatic heterocycles. The van der Waals surface area contributed by atoms with Gasteiger partial charge in [-0.3, -0.25) is 4.79 Å². The average molecular weight is 210 g/mol. The lowest BCUT2D eigenvalue weighted by atomic mass is 9.65. The van der Waals surface area contributed by atoms with Crippen LogP contribution in [0.15, 0.2) is 0 Å². The zero-order valence-corrected chi connectivity index (χ0v) is 9.20. The van der Waals surface area contributed by atoms with Crippen LogP contribution in [-0.2, 0) is 14.3 Å². The van der Waals surface area contributed by atoms with E-state index in [0.29, 0.717) is 5.92 Å². The molecule has 2 heterocycles. The first-order valence-corrected chi connectivity index (χ1v) is 6.05. The molecule has 0 aromatic carbocycles. The predicted octanol–water partition coefficient (Wildman–Crippen LogP) is 1.90. The lowest BCUT2D eigenvalue weighted by molar-refractivity contribution is -0.151. The summed E-state index contributed by atoms with van der Waals surface area (Å²) in [6.45, 7) is 2.79. The van der Waals surface area contributed by atoms with Crippen molar-refractivity contribution in [2.24, 2.45) is 11.8 Å². The summed E-state index contributed by atoms with van der Waals surface area (Å²) < 4.78 is 11.4. The monoisotopic (exact) mass is 210 g/mol. The second-order valence-corrected chi connectivity index (χ2v) is 5.32. The van der Waals surface area contributed by atoms with Gasteiger partial charge in [0.15, 0.2) is 0 Å². The first kappa shape index (κ1) is 9.64. The van der Waals surface area contributed by atoms with E-state index in [1.54, 1.807) is 0 Å². The zero-order valence-electron chi connectivity index (χ0n) is 9.20. The lowest BCUT2D eigenvalue weighted by Crippen LogP contribution is -2.46. The molecular weight excluding hydrogens is 192 g/mol. The molecule has 4 atom stereocenters. The van der Waals surface area contributed by atoms with Gasteiger partial charge in [0.1, 0.15) is 6.10 Å². The van der Waals surface area contributed by atoms with Gasteiger partial charge in [0.25, 0.3) is 0 Å². The Morgan fingerprint density at radius 2 is 2.27 bits per heavy atom.